The second-order valence-electron chi connectivity index (χ2n) is 5.67. The van der Waals surface area contributed by atoms with Gasteiger partial charge in [-0.05, 0) is 18.1 Å². The van der Waals surface area contributed by atoms with E-state index in [0.717, 1.165) is 0 Å². The topological polar surface area (TPSA) is 129 Å². The maximum absolute atomic E-state index is 12.1. The third kappa shape index (κ3) is 3.83. The van der Waals surface area contributed by atoms with Crippen LogP contribution in [-0.2, 0) is 4.79 Å². The molecule has 0 aliphatic rings. The summed E-state index contributed by atoms with van der Waals surface area (Å²) in [5.74, 6) is -1.87. The fraction of sp³-hybridized carbons (Fsp3) is 0.312. The number of nitrogens with one attached hydrogen (secondary N) is 2. The Morgan fingerprint density at radius 2 is 2.04 bits per heavy atom. The minimum absolute atomic E-state index is 0.256. The highest BCUT2D eigenvalue weighted by Gasteiger charge is 2.19. The molecule has 8 nitrogen and oxygen atoms in total. The maximum Gasteiger partial charge on any atom is 0.322 e. The number of pyridine rings is 1. The number of rotatable bonds is 6. The molecule has 0 radical (unpaired) electrons. The van der Waals surface area contributed by atoms with Crippen molar-refractivity contribution in [1.82, 2.24) is 10.3 Å². The summed E-state index contributed by atoms with van der Waals surface area (Å²) in [7, 11) is 0. The van der Waals surface area contributed by atoms with Gasteiger partial charge in [0.2, 0.25) is 0 Å². The van der Waals surface area contributed by atoms with Crippen LogP contribution in [0.4, 0.5) is 0 Å². The summed E-state index contributed by atoms with van der Waals surface area (Å²) in [5, 5.41) is 21.1. The van der Waals surface area contributed by atoms with Crippen molar-refractivity contribution in [3.63, 3.8) is 0 Å². The summed E-state index contributed by atoms with van der Waals surface area (Å²) in [4.78, 5) is 36.9. The van der Waals surface area contributed by atoms with Crippen LogP contribution >= 0.6 is 0 Å². The number of aromatic amines is 1. The third-order valence-corrected chi connectivity index (χ3v) is 3.17. The number of carboxylic acid groups (broad SMARTS) is 1. The van der Waals surface area contributed by atoms with Crippen molar-refractivity contribution in [2.75, 3.05) is 13.2 Å². The Hall–Kier alpha value is -3.03. The van der Waals surface area contributed by atoms with E-state index >= 15 is 0 Å². The molecule has 0 aliphatic carbocycles. The lowest BCUT2D eigenvalue weighted by Crippen LogP contribution is -2.33. The summed E-state index contributed by atoms with van der Waals surface area (Å²) >= 11 is 0. The minimum atomic E-state index is -1.26. The normalized spacial score (nSPS) is 10.8. The molecule has 8 heteroatoms. The van der Waals surface area contributed by atoms with Crippen LogP contribution in [0.15, 0.2) is 23.0 Å². The minimum Gasteiger partial charge on any atom is -0.506 e. The number of carbonyl (C=O) groups excluding carboxylic acids is 1. The average Bonchev–Trinajstić information content (AvgIpc) is 2.50. The van der Waals surface area contributed by atoms with E-state index in [4.69, 9.17) is 9.84 Å². The van der Waals surface area contributed by atoms with Gasteiger partial charge in [-0.1, -0.05) is 13.8 Å². The van der Waals surface area contributed by atoms with Gasteiger partial charge in [-0.3, -0.25) is 14.4 Å². The number of H-pyrrole nitrogens is 1. The van der Waals surface area contributed by atoms with Crippen LogP contribution in [-0.4, -0.2) is 40.2 Å². The lowest BCUT2D eigenvalue weighted by Gasteiger charge is -2.11. The van der Waals surface area contributed by atoms with Crippen LogP contribution < -0.4 is 15.6 Å². The molecule has 1 heterocycles. The van der Waals surface area contributed by atoms with Crippen LogP contribution in [0.1, 0.15) is 24.2 Å². The van der Waals surface area contributed by atoms with Crippen molar-refractivity contribution in [1.29, 1.82) is 0 Å². The monoisotopic (exact) mass is 334 g/mol. The highest BCUT2D eigenvalue weighted by atomic mass is 16.5. The van der Waals surface area contributed by atoms with Crippen molar-refractivity contribution >= 4 is 22.8 Å². The van der Waals surface area contributed by atoms with Gasteiger partial charge in [-0.2, -0.15) is 0 Å². The van der Waals surface area contributed by atoms with Gasteiger partial charge < -0.3 is 25.3 Å². The Kier molecular flexibility index (Phi) is 5.08. The zero-order chi connectivity index (χ0) is 17.9. The van der Waals surface area contributed by atoms with Crippen molar-refractivity contribution in [3.8, 4) is 11.5 Å². The van der Waals surface area contributed by atoms with Gasteiger partial charge in [0.05, 0.1) is 12.1 Å². The third-order valence-electron chi connectivity index (χ3n) is 3.17. The Labute approximate surface area is 137 Å². The van der Waals surface area contributed by atoms with Crippen LogP contribution in [0.3, 0.4) is 0 Å². The Morgan fingerprint density at radius 3 is 2.67 bits per heavy atom. The molecule has 0 fully saturated rings. The molecule has 2 aromatic rings. The molecule has 0 saturated carbocycles. The zero-order valence-corrected chi connectivity index (χ0v) is 13.3. The van der Waals surface area contributed by atoms with E-state index in [2.05, 4.69) is 4.98 Å². The maximum atomic E-state index is 12.1. The molecule has 0 spiro atoms. The van der Waals surface area contributed by atoms with Crippen molar-refractivity contribution in [2.45, 2.75) is 13.8 Å². The number of ether oxygens (including phenoxy) is 1. The van der Waals surface area contributed by atoms with Crippen LogP contribution in [0.5, 0.6) is 11.5 Å². The molecule has 0 unspecified atom stereocenters. The van der Waals surface area contributed by atoms with Crippen molar-refractivity contribution < 1.29 is 24.5 Å². The molecular formula is C16H18N2O6. The molecule has 0 atom stereocenters. The summed E-state index contributed by atoms with van der Waals surface area (Å²) in [6.07, 6.45) is 0. The van der Waals surface area contributed by atoms with Crippen LogP contribution in [0, 0.1) is 5.92 Å². The molecular weight excluding hydrogens is 316 g/mol. The van der Waals surface area contributed by atoms with Gasteiger partial charge in [0.25, 0.3) is 11.5 Å². The number of carbonyl (C=O) groups is 2. The lowest BCUT2D eigenvalue weighted by molar-refractivity contribution is -0.135. The summed E-state index contributed by atoms with van der Waals surface area (Å²) < 4.78 is 5.55. The van der Waals surface area contributed by atoms with Gasteiger partial charge in [0.1, 0.15) is 23.6 Å². The number of aliphatic carboxylic acids is 1. The average molecular weight is 334 g/mol. The molecule has 0 saturated heterocycles. The molecule has 1 aromatic carbocycles. The number of hydrogen-bond acceptors (Lipinski definition) is 5. The molecule has 1 aromatic heterocycles. The molecule has 0 aliphatic heterocycles. The van der Waals surface area contributed by atoms with Crippen molar-refractivity contribution in [3.05, 3.63) is 34.1 Å². The van der Waals surface area contributed by atoms with Crippen LogP contribution in [0.2, 0.25) is 0 Å². The first-order valence-electron chi connectivity index (χ1n) is 7.31. The summed E-state index contributed by atoms with van der Waals surface area (Å²) in [6.45, 7) is 3.84. The van der Waals surface area contributed by atoms with E-state index in [1.54, 1.807) is 12.1 Å². The largest absolute Gasteiger partial charge is 0.506 e. The fourth-order valence-electron chi connectivity index (χ4n) is 2.07. The smallest absolute Gasteiger partial charge is 0.322 e. The highest BCUT2D eigenvalue weighted by Crippen LogP contribution is 2.28. The van der Waals surface area contributed by atoms with Gasteiger partial charge in [0, 0.05) is 11.5 Å². The number of carboxylic acids is 1. The number of hydrogen-bond donors (Lipinski definition) is 4. The number of aromatic hydroxyl groups is 1. The fourth-order valence-corrected chi connectivity index (χ4v) is 2.07. The first-order valence-corrected chi connectivity index (χ1v) is 7.31. The number of fused-ring (bicyclic) bond motifs is 1. The lowest BCUT2D eigenvalue weighted by atomic mass is 10.1. The molecule has 128 valence electrons. The van der Waals surface area contributed by atoms with Gasteiger partial charge in [-0.15, -0.1) is 0 Å². The van der Waals surface area contributed by atoms with E-state index in [9.17, 15) is 19.5 Å². The summed E-state index contributed by atoms with van der Waals surface area (Å²) in [6, 6.07) is 4.68. The van der Waals surface area contributed by atoms with E-state index in [1.807, 2.05) is 19.2 Å². The molecule has 24 heavy (non-hydrogen) atoms. The number of benzene rings is 1. The Morgan fingerprint density at radius 1 is 1.33 bits per heavy atom. The molecule has 2 rings (SSSR count). The molecule has 1 amide bonds. The predicted molar refractivity (Wildman–Crippen MR) is 86.5 cm³/mol. The first-order chi connectivity index (χ1) is 11.3. The van der Waals surface area contributed by atoms with E-state index in [-0.39, 0.29) is 5.39 Å². The van der Waals surface area contributed by atoms with Crippen molar-refractivity contribution in [2.24, 2.45) is 5.92 Å². The van der Waals surface area contributed by atoms with E-state index in [1.165, 1.54) is 6.07 Å². The van der Waals surface area contributed by atoms with Gasteiger partial charge >= 0.3 is 5.97 Å². The van der Waals surface area contributed by atoms with E-state index < -0.39 is 35.3 Å². The SMILES string of the molecule is CC(C)COc1ccc2c(O)c(C(=O)NCC(=O)O)c(=O)[nH]c2c1. The first kappa shape index (κ1) is 17.3. The van der Waals surface area contributed by atoms with E-state index in [0.29, 0.717) is 23.8 Å². The second-order valence-corrected chi connectivity index (χ2v) is 5.67. The quantitative estimate of drug-likeness (QED) is 0.626. The predicted octanol–water partition coefficient (Wildman–Crippen LogP) is 1.08. The van der Waals surface area contributed by atoms with Crippen LogP contribution in [0.25, 0.3) is 10.9 Å². The molecule has 0 bridgehead atoms. The number of aromatic nitrogens is 1. The Bertz CT molecular complexity index is 840. The summed E-state index contributed by atoms with van der Waals surface area (Å²) in [5.41, 5.74) is -1.03. The Balaban J connectivity index is 2.39. The second kappa shape index (κ2) is 7.03. The van der Waals surface area contributed by atoms with Gasteiger partial charge in [0.15, 0.2) is 0 Å². The highest BCUT2D eigenvalue weighted by molar-refractivity contribution is 6.03. The number of amides is 1. The van der Waals surface area contributed by atoms with Gasteiger partial charge in [-0.25, -0.2) is 0 Å². The zero-order valence-electron chi connectivity index (χ0n) is 13.3. The standard InChI is InChI=1S/C16H18N2O6/c1-8(2)7-24-9-3-4-10-11(5-9)18-16(23)13(14(10)21)15(22)17-6-12(19)20/h3-5,8H,6-7H2,1-2H3,(H,17,22)(H,19,20)(H2,18,21,23). The molecule has 4 N–H and O–H groups in total.